The summed E-state index contributed by atoms with van der Waals surface area (Å²) in [4.78, 5) is 5.44. The molecule has 0 aromatic carbocycles. The minimum Gasteiger partial charge on any atom is -0.328 e. The average Bonchev–Trinajstić information content (AvgIpc) is 2.96. The molecule has 0 amide bonds. The van der Waals surface area contributed by atoms with Crippen LogP contribution in [0.3, 0.4) is 0 Å². The molecular formula is C17H33N3. The number of piperidine rings is 1. The molecule has 1 saturated carbocycles. The highest BCUT2D eigenvalue weighted by molar-refractivity contribution is 4.81. The Balaban J connectivity index is 1.33. The fourth-order valence-electron chi connectivity index (χ4n) is 4.42. The summed E-state index contributed by atoms with van der Waals surface area (Å²) in [7, 11) is 0. The molecule has 0 aromatic heterocycles. The maximum absolute atomic E-state index is 6.01. The Hall–Kier alpha value is -0.120. The zero-order chi connectivity index (χ0) is 13.8. The molecule has 3 aliphatic rings. The highest BCUT2D eigenvalue weighted by Crippen LogP contribution is 2.26. The van der Waals surface area contributed by atoms with Crippen molar-refractivity contribution >= 4 is 0 Å². The van der Waals surface area contributed by atoms with Crippen LogP contribution in [0, 0.1) is 11.8 Å². The van der Waals surface area contributed by atoms with Crippen molar-refractivity contribution in [3.63, 3.8) is 0 Å². The second-order valence-corrected chi connectivity index (χ2v) is 7.53. The molecule has 2 heterocycles. The van der Waals surface area contributed by atoms with Crippen molar-refractivity contribution in [3.05, 3.63) is 0 Å². The van der Waals surface area contributed by atoms with Crippen molar-refractivity contribution in [1.82, 2.24) is 9.80 Å². The van der Waals surface area contributed by atoms with Crippen LogP contribution in [0.1, 0.15) is 51.4 Å². The Kier molecular flexibility index (Phi) is 5.36. The van der Waals surface area contributed by atoms with Crippen molar-refractivity contribution in [2.45, 2.75) is 57.4 Å². The summed E-state index contributed by atoms with van der Waals surface area (Å²) in [6.45, 7) is 8.16. The Labute approximate surface area is 124 Å². The summed E-state index contributed by atoms with van der Waals surface area (Å²) < 4.78 is 0. The fourth-order valence-corrected chi connectivity index (χ4v) is 4.42. The summed E-state index contributed by atoms with van der Waals surface area (Å²) in [6.07, 6.45) is 11.0. The van der Waals surface area contributed by atoms with Gasteiger partial charge in [0.05, 0.1) is 0 Å². The van der Waals surface area contributed by atoms with Gasteiger partial charge in [-0.3, -0.25) is 0 Å². The first-order chi connectivity index (χ1) is 9.79. The van der Waals surface area contributed by atoms with Crippen molar-refractivity contribution in [1.29, 1.82) is 0 Å². The Bertz CT molecular complexity index is 272. The Morgan fingerprint density at radius 2 is 1.15 bits per heavy atom. The molecule has 0 aromatic rings. The van der Waals surface area contributed by atoms with Crippen LogP contribution >= 0.6 is 0 Å². The van der Waals surface area contributed by atoms with Gasteiger partial charge in [0.1, 0.15) is 0 Å². The third-order valence-electron chi connectivity index (χ3n) is 5.83. The topological polar surface area (TPSA) is 32.5 Å². The summed E-state index contributed by atoms with van der Waals surface area (Å²) >= 11 is 0. The van der Waals surface area contributed by atoms with Crippen molar-refractivity contribution in [2.24, 2.45) is 17.6 Å². The minimum atomic E-state index is 0.498. The second kappa shape index (κ2) is 7.24. The van der Waals surface area contributed by atoms with Gasteiger partial charge < -0.3 is 15.5 Å². The van der Waals surface area contributed by atoms with Gasteiger partial charge >= 0.3 is 0 Å². The van der Waals surface area contributed by atoms with E-state index in [4.69, 9.17) is 5.73 Å². The predicted molar refractivity (Wildman–Crippen MR) is 84.8 cm³/mol. The lowest BCUT2D eigenvalue weighted by molar-refractivity contribution is 0.126. The molecule has 3 rings (SSSR count). The highest BCUT2D eigenvalue weighted by atomic mass is 15.2. The van der Waals surface area contributed by atoms with E-state index >= 15 is 0 Å². The first kappa shape index (κ1) is 14.8. The van der Waals surface area contributed by atoms with Crippen molar-refractivity contribution < 1.29 is 0 Å². The van der Waals surface area contributed by atoms with Gasteiger partial charge in [-0.15, -0.1) is 0 Å². The standard InChI is InChI=1S/C17H33N3/c18-17-5-3-15(4-6-17)13-20-11-7-16(8-12-20)14-19-9-1-2-10-19/h15-17H,1-14,18H2. The van der Waals surface area contributed by atoms with Crippen LogP contribution in [-0.2, 0) is 0 Å². The SMILES string of the molecule is NC1CCC(CN2CCC(CN3CCCC3)CC2)CC1. The summed E-state index contributed by atoms with van der Waals surface area (Å²) in [5.74, 6) is 1.91. The quantitative estimate of drug-likeness (QED) is 0.857. The molecule has 0 atom stereocenters. The third kappa shape index (κ3) is 4.19. The maximum atomic E-state index is 6.01. The van der Waals surface area contributed by atoms with E-state index < -0.39 is 0 Å². The molecule has 3 fully saturated rings. The number of hydrogen-bond donors (Lipinski definition) is 1. The normalized spacial score (nSPS) is 34.6. The Morgan fingerprint density at radius 1 is 0.650 bits per heavy atom. The van der Waals surface area contributed by atoms with Gasteiger partial charge in [0, 0.05) is 19.1 Å². The van der Waals surface area contributed by atoms with Crippen LogP contribution in [0.25, 0.3) is 0 Å². The first-order valence-electron chi connectivity index (χ1n) is 9.00. The van der Waals surface area contributed by atoms with Gasteiger partial charge in [-0.25, -0.2) is 0 Å². The Morgan fingerprint density at radius 3 is 1.75 bits per heavy atom. The third-order valence-corrected chi connectivity index (χ3v) is 5.83. The molecule has 1 aliphatic carbocycles. The van der Waals surface area contributed by atoms with E-state index in [1.54, 1.807) is 0 Å². The molecule has 116 valence electrons. The van der Waals surface area contributed by atoms with Gasteiger partial charge in [0.2, 0.25) is 0 Å². The van der Waals surface area contributed by atoms with Crippen LogP contribution in [-0.4, -0.2) is 55.1 Å². The molecule has 3 nitrogen and oxygen atoms in total. The van der Waals surface area contributed by atoms with Crippen LogP contribution in [0.2, 0.25) is 0 Å². The minimum absolute atomic E-state index is 0.498. The molecule has 2 aliphatic heterocycles. The molecule has 20 heavy (non-hydrogen) atoms. The number of nitrogens with two attached hydrogens (primary N) is 1. The van der Waals surface area contributed by atoms with E-state index in [1.807, 2.05) is 0 Å². The lowest BCUT2D eigenvalue weighted by Crippen LogP contribution is -2.41. The summed E-state index contributed by atoms with van der Waals surface area (Å²) in [6, 6.07) is 0.498. The number of likely N-dealkylation sites (tertiary alicyclic amines) is 2. The molecule has 2 saturated heterocycles. The fraction of sp³-hybridized carbons (Fsp3) is 1.00. The monoisotopic (exact) mass is 279 g/mol. The zero-order valence-electron chi connectivity index (χ0n) is 13.1. The van der Waals surface area contributed by atoms with Crippen molar-refractivity contribution in [2.75, 3.05) is 39.3 Å². The number of hydrogen-bond acceptors (Lipinski definition) is 3. The van der Waals surface area contributed by atoms with E-state index in [0.29, 0.717) is 6.04 Å². The van der Waals surface area contributed by atoms with Crippen LogP contribution in [0.5, 0.6) is 0 Å². The lowest BCUT2D eigenvalue weighted by Gasteiger charge is -2.37. The van der Waals surface area contributed by atoms with Crippen LogP contribution < -0.4 is 5.73 Å². The van der Waals surface area contributed by atoms with Gasteiger partial charge in [0.25, 0.3) is 0 Å². The number of rotatable bonds is 4. The van der Waals surface area contributed by atoms with E-state index in [2.05, 4.69) is 9.80 Å². The van der Waals surface area contributed by atoms with Crippen LogP contribution in [0.15, 0.2) is 0 Å². The van der Waals surface area contributed by atoms with E-state index in [1.165, 1.54) is 90.6 Å². The highest BCUT2D eigenvalue weighted by Gasteiger charge is 2.25. The summed E-state index contributed by atoms with van der Waals surface area (Å²) in [5, 5.41) is 0. The van der Waals surface area contributed by atoms with E-state index in [0.717, 1.165) is 11.8 Å². The van der Waals surface area contributed by atoms with Gasteiger partial charge in [-0.2, -0.15) is 0 Å². The average molecular weight is 279 g/mol. The van der Waals surface area contributed by atoms with Crippen molar-refractivity contribution in [3.8, 4) is 0 Å². The molecule has 2 N–H and O–H groups in total. The smallest absolute Gasteiger partial charge is 0.00390 e. The maximum Gasteiger partial charge on any atom is 0.00390 e. The van der Waals surface area contributed by atoms with Gasteiger partial charge in [-0.1, -0.05) is 0 Å². The van der Waals surface area contributed by atoms with Gasteiger partial charge in [-0.05, 0) is 89.4 Å². The molecule has 0 unspecified atom stereocenters. The predicted octanol–water partition coefficient (Wildman–Crippen LogP) is 2.31. The van der Waals surface area contributed by atoms with Gasteiger partial charge in [0.15, 0.2) is 0 Å². The molecular weight excluding hydrogens is 246 g/mol. The largest absolute Gasteiger partial charge is 0.328 e. The number of nitrogens with zero attached hydrogens (tertiary/aromatic N) is 2. The van der Waals surface area contributed by atoms with E-state index in [9.17, 15) is 0 Å². The molecule has 0 bridgehead atoms. The molecule has 0 radical (unpaired) electrons. The second-order valence-electron chi connectivity index (χ2n) is 7.53. The van der Waals surface area contributed by atoms with E-state index in [-0.39, 0.29) is 0 Å². The lowest BCUT2D eigenvalue weighted by atomic mass is 9.85. The molecule has 3 heteroatoms. The first-order valence-corrected chi connectivity index (χ1v) is 9.00. The zero-order valence-corrected chi connectivity index (χ0v) is 13.1. The summed E-state index contributed by atoms with van der Waals surface area (Å²) in [5.41, 5.74) is 6.01. The molecule has 0 spiro atoms. The van der Waals surface area contributed by atoms with Crippen LogP contribution in [0.4, 0.5) is 0 Å².